The van der Waals surface area contributed by atoms with E-state index < -0.39 is 0 Å². The van der Waals surface area contributed by atoms with Crippen molar-refractivity contribution in [3.8, 4) is 0 Å². The molecule has 0 aromatic heterocycles. The van der Waals surface area contributed by atoms with E-state index in [4.69, 9.17) is 0 Å². The Morgan fingerprint density at radius 1 is 0.667 bits per heavy atom. The van der Waals surface area contributed by atoms with Gasteiger partial charge in [-0.15, -0.1) is 0 Å². The standard InChI is InChI=1S/C24H38N4O2/c29-23(27-25-15-21-13-17-7-9-19(21)11-17)5-3-1-2-4-6-24(30)28-26-16-22-14-18-8-10-20(22)12-18/h15-22H,1-14H2,(H,27,29)(H,28,30)/b25-15-,26-16-/t17-,18+,19-,20-,21+,22+/m0/s1. The zero-order valence-corrected chi connectivity index (χ0v) is 18.2. The Bertz CT molecular complexity index is 606. The number of carbonyl (C=O) groups is 2. The van der Waals surface area contributed by atoms with Gasteiger partial charge in [-0.3, -0.25) is 9.59 Å². The van der Waals surface area contributed by atoms with Gasteiger partial charge in [-0.2, -0.15) is 10.2 Å². The van der Waals surface area contributed by atoms with E-state index in [-0.39, 0.29) is 11.8 Å². The highest BCUT2D eigenvalue weighted by Crippen LogP contribution is 2.48. The molecule has 4 saturated carbocycles. The lowest BCUT2D eigenvalue weighted by molar-refractivity contribution is -0.122. The molecule has 6 atom stereocenters. The van der Waals surface area contributed by atoms with Gasteiger partial charge in [0.2, 0.25) is 11.8 Å². The molecule has 0 unspecified atom stereocenters. The first-order valence-electron chi connectivity index (χ1n) is 12.3. The van der Waals surface area contributed by atoms with Gasteiger partial charge in [-0.1, -0.05) is 25.7 Å². The predicted octanol–water partition coefficient (Wildman–Crippen LogP) is 4.40. The van der Waals surface area contributed by atoms with Crippen LogP contribution < -0.4 is 10.9 Å². The average Bonchev–Trinajstić information content (AvgIpc) is 3.52. The van der Waals surface area contributed by atoms with Crippen LogP contribution in [-0.4, -0.2) is 24.2 Å². The monoisotopic (exact) mass is 414 g/mol. The summed E-state index contributed by atoms with van der Waals surface area (Å²) in [7, 11) is 0. The first-order chi connectivity index (χ1) is 14.7. The third kappa shape index (κ3) is 5.92. The molecule has 2 N–H and O–H groups in total. The van der Waals surface area contributed by atoms with E-state index in [0.29, 0.717) is 24.7 Å². The van der Waals surface area contributed by atoms with Crippen molar-refractivity contribution in [3.63, 3.8) is 0 Å². The van der Waals surface area contributed by atoms with Crippen molar-refractivity contribution in [2.24, 2.45) is 45.7 Å². The van der Waals surface area contributed by atoms with Gasteiger partial charge in [0.05, 0.1) is 0 Å². The fourth-order valence-corrected chi connectivity index (χ4v) is 6.40. The van der Waals surface area contributed by atoms with Crippen LogP contribution in [0.25, 0.3) is 0 Å². The van der Waals surface area contributed by atoms with Crippen molar-refractivity contribution in [1.29, 1.82) is 0 Å². The smallest absolute Gasteiger partial charge is 0.240 e. The molecule has 4 bridgehead atoms. The lowest BCUT2D eigenvalue weighted by Gasteiger charge is -2.16. The number of rotatable bonds is 11. The molecule has 0 radical (unpaired) electrons. The lowest BCUT2D eigenvalue weighted by Crippen LogP contribution is -2.20. The molecule has 0 aromatic rings. The zero-order valence-electron chi connectivity index (χ0n) is 18.2. The Labute approximate surface area is 180 Å². The Hall–Kier alpha value is -1.72. The fourth-order valence-electron chi connectivity index (χ4n) is 6.40. The van der Waals surface area contributed by atoms with Crippen molar-refractivity contribution >= 4 is 24.2 Å². The molecule has 0 aliphatic heterocycles. The first-order valence-corrected chi connectivity index (χ1v) is 12.3. The Morgan fingerprint density at radius 3 is 1.50 bits per heavy atom. The van der Waals surface area contributed by atoms with E-state index in [1.165, 1.54) is 51.4 Å². The molecule has 4 aliphatic carbocycles. The molecule has 4 aliphatic rings. The summed E-state index contributed by atoms with van der Waals surface area (Å²) in [5.41, 5.74) is 5.37. The minimum absolute atomic E-state index is 0.00195. The van der Waals surface area contributed by atoms with Crippen molar-refractivity contribution in [3.05, 3.63) is 0 Å². The second kappa shape index (κ2) is 10.5. The molecule has 0 heterocycles. The van der Waals surface area contributed by atoms with E-state index in [2.05, 4.69) is 21.1 Å². The minimum atomic E-state index is 0.00195. The molecule has 0 spiro atoms. The molecule has 30 heavy (non-hydrogen) atoms. The Balaban J connectivity index is 0.974. The summed E-state index contributed by atoms with van der Waals surface area (Å²) in [5, 5.41) is 8.38. The Kier molecular flexibility index (Phi) is 7.56. The van der Waals surface area contributed by atoms with Crippen LogP contribution in [0.2, 0.25) is 0 Å². The zero-order chi connectivity index (χ0) is 20.8. The van der Waals surface area contributed by atoms with E-state index in [0.717, 1.165) is 49.4 Å². The van der Waals surface area contributed by atoms with Gasteiger partial charge >= 0.3 is 0 Å². The minimum Gasteiger partial charge on any atom is -0.273 e. The number of hydrazone groups is 2. The van der Waals surface area contributed by atoms with Gasteiger partial charge in [0, 0.05) is 25.3 Å². The third-order valence-electron chi connectivity index (χ3n) is 8.05. The number of carbonyl (C=O) groups excluding carboxylic acids is 2. The number of unbranched alkanes of at least 4 members (excludes halogenated alkanes) is 3. The van der Waals surface area contributed by atoms with Crippen LogP contribution in [0.5, 0.6) is 0 Å². The molecule has 0 aromatic carbocycles. The molecule has 6 nitrogen and oxygen atoms in total. The molecular weight excluding hydrogens is 376 g/mol. The highest BCUT2D eigenvalue weighted by atomic mass is 16.2. The fraction of sp³-hybridized carbons (Fsp3) is 0.833. The van der Waals surface area contributed by atoms with E-state index in [1.54, 1.807) is 0 Å². The molecule has 4 rings (SSSR count). The largest absolute Gasteiger partial charge is 0.273 e. The van der Waals surface area contributed by atoms with Gasteiger partial charge in [0.1, 0.15) is 0 Å². The van der Waals surface area contributed by atoms with Crippen LogP contribution in [0.15, 0.2) is 10.2 Å². The molecule has 4 fully saturated rings. The number of hydrogen-bond acceptors (Lipinski definition) is 4. The number of nitrogens with one attached hydrogen (secondary N) is 2. The normalized spacial score (nSPS) is 34.4. The third-order valence-corrected chi connectivity index (χ3v) is 8.05. The second-order valence-corrected chi connectivity index (χ2v) is 10.2. The van der Waals surface area contributed by atoms with Crippen LogP contribution in [0, 0.1) is 35.5 Å². The highest BCUT2D eigenvalue weighted by molar-refractivity contribution is 5.77. The maximum atomic E-state index is 11.9. The van der Waals surface area contributed by atoms with Gasteiger partial charge in [-0.05, 0) is 86.9 Å². The summed E-state index contributed by atoms with van der Waals surface area (Å²) in [6.45, 7) is 0. The van der Waals surface area contributed by atoms with Gasteiger partial charge in [-0.25, -0.2) is 10.9 Å². The SMILES string of the molecule is O=C(CCCCCCC(=O)N/N=C\[C@H]1C[C@H]2CC[C@H]1C2)N/N=C\[C@H]1C[C@@H]2CC[C@H]1C2. The van der Waals surface area contributed by atoms with Gasteiger partial charge < -0.3 is 0 Å². The lowest BCUT2D eigenvalue weighted by atomic mass is 9.90. The molecular formula is C24H38N4O2. The first kappa shape index (κ1) is 21.5. The van der Waals surface area contributed by atoms with Crippen LogP contribution in [0.3, 0.4) is 0 Å². The number of amides is 2. The van der Waals surface area contributed by atoms with Crippen molar-refractivity contribution < 1.29 is 9.59 Å². The predicted molar refractivity (Wildman–Crippen MR) is 119 cm³/mol. The number of fused-ring (bicyclic) bond motifs is 4. The quantitative estimate of drug-likeness (QED) is 0.298. The van der Waals surface area contributed by atoms with Crippen molar-refractivity contribution in [1.82, 2.24) is 10.9 Å². The number of hydrogen-bond donors (Lipinski definition) is 2. The van der Waals surface area contributed by atoms with E-state index in [1.807, 2.05) is 12.4 Å². The molecule has 6 heteroatoms. The summed E-state index contributed by atoms with van der Waals surface area (Å²) < 4.78 is 0. The summed E-state index contributed by atoms with van der Waals surface area (Å²) in [4.78, 5) is 23.8. The van der Waals surface area contributed by atoms with Crippen LogP contribution in [0.4, 0.5) is 0 Å². The van der Waals surface area contributed by atoms with E-state index >= 15 is 0 Å². The Morgan fingerprint density at radius 2 is 1.13 bits per heavy atom. The topological polar surface area (TPSA) is 82.9 Å². The van der Waals surface area contributed by atoms with Crippen LogP contribution in [-0.2, 0) is 9.59 Å². The molecule has 0 saturated heterocycles. The van der Waals surface area contributed by atoms with Crippen LogP contribution in [0.1, 0.15) is 89.9 Å². The van der Waals surface area contributed by atoms with Crippen LogP contribution >= 0.6 is 0 Å². The maximum Gasteiger partial charge on any atom is 0.240 e. The summed E-state index contributed by atoms with van der Waals surface area (Å²) in [6, 6.07) is 0. The molecule has 2 amide bonds. The maximum absolute atomic E-state index is 11.9. The summed E-state index contributed by atoms with van der Waals surface area (Å²) >= 11 is 0. The number of nitrogens with zero attached hydrogens (tertiary/aromatic N) is 2. The molecule has 166 valence electrons. The highest BCUT2D eigenvalue weighted by Gasteiger charge is 2.39. The van der Waals surface area contributed by atoms with Gasteiger partial charge in [0.15, 0.2) is 0 Å². The summed E-state index contributed by atoms with van der Waals surface area (Å²) in [6.07, 6.45) is 19.2. The average molecular weight is 415 g/mol. The van der Waals surface area contributed by atoms with Crippen molar-refractivity contribution in [2.75, 3.05) is 0 Å². The summed E-state index contributed by atoms with van der Waals surface area (Å²) in [5.74, 6) is 4.56. The second-order valence-electron chi connectivity index (χ2n) is 10.2. The van der Waals surface area contributed by atoms with Gasteiger partial charge in [0.25, 0.3) is 0 Å². The van der Waals surface area contributed by atoms with Crippen molar-refractivity contribution in [2.45, 2.75) is 89.9 Å². The van der Waals surface area contributed by atoms with E-state index in [9.17, 15) is 9.59 Å².